The van der Waals surface area contributed by atoms with Crippen LogP contribution in [0.15, 0.2) is 6.20 Å². The topological polar surface area (TPSA) is 87.9 Å². The number of amides is 1. The van der Waals surface area contributed by atoms with Crippen molar-refractivity contribution in [1.29, 1.82) is 5.26 Å². The van der Waals surface area contributed by atoms with Gasteiger partial charge in [0.05, 0.1) is 36.2 Å². The SMILES string of the molecule is CCC1(CC)C(=O)NC2(COC2)c2ncc(C#N)nc21. The molecule has 0 unspecified atom stereocenters. The lowest BCUT2D eigenvalue weighted by Gasteiger charge is -2.49. The Morgan fingerprint density at radius 1 is 1.40 bits per heavy atom. The lowest BCUT2D eigenvalue weighted by atomic mass is 9.70. The molecule has 2 aliphatic rings. The average Bonchev–Trinajstić information content (AvgIpc) is 2.44. The van der Waals surface area contributed by atoms with Gasteiger partial charge in [-0.05, 0) is 12.8 Å². The number of nitrogens with one attached hydrogen (secondary N) is 1. The number of rotatable bonds is 2. The lowest BCUT2D eigenvalue weighted by Crippen LogP contribution is -2.67. The Bertz CT molecular complexity index is 612. The van der Waals surface area contributed by atoms with E-state index in [-0.39, 0.29) is 11.6 Å². The van der Waals surface area contributed by atoms with Gasteiger partial charge in [0.1, 0.15) is 11.6 Å². The van der Waals surface area contributed by atoms with Crippen molar-refractivity contribution in [2.75, 3.05) is 13.2 Å². The standard InChI is InChI=1S/C14H16N4O2/c1-3-13(4-2)10-11(16-6-9(5-15)17-10)14(7-20-8-14)18-12(13)19/h6H,3-4,7-8H2,1-2H3,(H,18,19). The number of nitriles is 1. The molecule has 1 spiro atoms. The number of carbonyl (C=O) groups excluding carboxylic acids is 1. The molecule has 6 heteroatoms. The summed E-state index contributed by atoms with van der Waals surface area (Å²) in [7, 11) is 0. The van der Waals surface area contributed by atoms with Gasteiger partial charge in [-0.3, -0.25) is 9.78 Å². The molecule has 0 aliphatic carbocycles. The van der Waals surface area contributed by atoms with E-state index >= 15 is 0 Å². The molecule has 2 aliphatic heterocycles. The van der Waals surface area contributed by atoms with E-state index in [0.717, 1.165) is 5.69 Å². The van der Waals surface area contributed by atoms with Crippen LogP contribution in [-0.4, -0.2) is 29.1 Å². The maximum Gasteiger partial charge on any atom is 0.233 e. The highest BCUT2D eigenvalue weighted by Gasteiger charge is 2.56. The van der Waals surface area contributed by atoms with Gasteiger partial charge in [0, 0.05) is 0 Å². The monoisotopic (exact) mass is 272 g/mol. The van der Waals surface area contributed by atoms with Crippen molar-refractivity contribution in [3.8, 4) is 6.07 Å². The second-order valence-electron chi connectivity index (χ2n) is 5.38. The molecule has 1 fully saturated rings. The third-order valence-electron chi connectivity index (χ3n) is 4.49. The Balaban J connectivity index is 2.26. The van der Waals surface area contributed by atoms with Crippen LogP contribution in [0, 0.1) is 11.3 Å². The molecular formula is C14H16N4O2. The molecule has 0 bridgehead atoms. The van der Waals surface area contributed by atoms with E-state index in [1.807, 2.05) is 19.9 Å². The fraction of sp³-hybridized carbons (Fsp3) is 0.571. The molecule has 20 heavy (non-hydrogen) atoms. The second-order valence-corrected chi connectivity index (χ2v) is 5.38. The number of hydrogen-bond acceptors (Lipinski definition) is 5. The summed E-state index contributed by atoms with van der Waals surface area (Å²) in [5.41, 5.74) is 0.400. The quantitative estimate of drug-likeness (QED) is 0.858. The summed E-state index contributed by atoms with van der Waals surface area (Å²) < 4.78 is 5.27. The first-order valence-corrected chi connectivity index (χ1v) is 6.80. The summed E-state index contributed by atoms with van der Waals surface area (Å²) in [4.78, 5) is 21.5. The maximum atomic E-state index is 12.6. The molecule has 0 saturated carbocycles. The highest BCUT2D eigenvalue weighted by Crippen LogP contribution is 2.43. The van der Waals surface area contributed by atoms with E-state index in [0.29, 0.717) is 31.7 Å². The zero-order valence-corrected chi connectivity index (χ0v) is 11.6. The fourth-order valence-electron chi connectivity index (χ4n) is 3.05. The molecule has 0 aromatic carbocycles. The van der Waals surface area contributed by atoms with Crippen LogP contribution in [0.2, 0.25) is 0 Å². The lowest BCUT2D eigenvalue weighted by molar-refractivity contribution is -0.144. The first kappa shape index (κ1) is 13.0. The minimum atomic E-state index is -0.698. The molecule has 1 amide bonds. The average molecular weight is 272 g/mol. The number of carbonyl (C=O) groups is 1. The van der Waals surface area contributed by atoms with Crippen molar-refractivity contribution in [3.63, 3.8) is 0 Å². The number of fused-ring (bicyclic) bond motifs is 2. The van der Waals surface area contributed by atoms with Crippen molar-refractivity contribution >= 4 is 5.91 Å². The number of aromatic nitrogens is 2. The van der Waals surface area contributed by atoms with Gasteiger partial charge in [0.15, 0.2) is 5.69 Å². The van der Waals surface area contributed by atoms with Crippen molar-refractivity contribution in [3.05, 3.63) is 23.3 Å². The summed E-state index contributed by atoms with van der Waals surface area (Å²) in [6, 6.07) is 2.00. The zero-order chi connectivity index (χ0) is 14.4. The number of nitrogens with zero attached hydrogens (tertiary/aromatic N) is 3. The Kier molecular flexibility index (Phi) is 2.76. The molecule has 1 aromatic rings. The Labute approximate surface area is 117 Å². The predicted octanol–water partition coefficient (Wildman–Crippen LogP) is 0.761. The van der Waals surface area contributed by atoms with Gasteiger partial charge in [0.2, 0.25) is 5.91 Å². The van der Waals surface area contributed by atoms with Crippen LogP contribution in [0.5, 0.6) is 0 Å². The minimum Gasteiger partial charge on any atom is -0.376 e. The van der Waals surface area contributed by atoms with E-state index in [4.69, 9.17) is 10.00 Å². The largest absolute Gasteiger partial charge is 0.376 e. The van der Waals surface area contributed by atoms with Gasteiger partial charge in [0.25, 0.3) is 0 Å². The molecule has 0 atom stereocenters. The van der Waals surface area contributed by atoms with E-state index in [2.05, 4.69) is 15.3 Å². The van der Waals surface area contributed by atoms with E-state index in [1.165, 1.54) is 6.20 Å². The molecule has 1 saturated heterocycles. The van der Waals surface area contributed by atoms with Gasteiger partial charge in [-0.1, -0.05) is 13.8 Å². The summed E-state index contributed by atoms with van der Waals surface area (Å²) in [6.45, 7) is 4.75. The van der Waals surface area contributed by atoms with Crippen molar-refractivity contribution in [2.45, 2.75) is 37.6 Å². The van der Waals surface area contributed by atoms with Gasteiger partial charge in [-0.2, -0.15) is 5.26 Å². The Hall–Kier alpha value is -2.00. The number of ether oxygens (including phenoxy) is 1. The Morgan fingerprint density at radius 2 is 2.10 bits per heavy atom. The van der Waals surface area contributed by atoms with Crippen LogP contribution in [0.1, 0.15) is 43.8 Å². The van der Waals surface area contributed by atoms with Gasteiger partial charge < -0.3 is 10.1 Å². The van der Waals surface area contributed by atoms with E-state index in [1.54, 1.807) is 0 Å². The molecule has 1 aromatic heterocycles. The summed E-state index contributed by atoms with van der Waals surface area (Å²) >= 11 is 0. The van der Waals surface area contributed by atoms with Gasteiger partial charge in [-0.15, -0.1) is 0 Å². The Morgan fingerprint density at radius 3 is 2.60 bits per heavy atom. The summed E-state index contributed by atoms with van der Waals surface area (Å²) in [5.74, 6) is -0.0392. The predicted molar refractivity (Wildman–Crippen MR) is 69.6 cm³/mol. The van der Waals surface area contributed by atoms with Gasteiger partial charge in [-0.25, -0.2) is 4.98 Å². The second kappa shape index (κ2) is 4.25. The van der Waals surface area contributed by atoms with Gasteiger partial charge >= 0.3 is 0 Å². The smallest absolute Gasteiger partial charge is 0.233 e. The third-order valence-corrected chi connectivity index (χ3v) is 4.49. The molecular weight excluding hydrogens is 256 g/mol. The fourth-order valence-corrected chi connectivity index (χ4v) is 3.05. The van der Waals surface area contributed by atoms with Crippen molar-refractivity contribution < 1.29 is 9.53 Å². The van der Waals surface area contributed by atoms with Crippen LogP contribution < -0.4 is 5.32 Å². The zero-order valence-electron chi connectivity index (χ0n) is 11.6. The first-order valence-electron chi connectivity index (χ1n) is 6.80. The van der Waals surface area contributed by atoms with E-state index < -0.39 is 11.0 Å². The van der Waals surface area contributed by atoms with Crippen LogP contribution in [-0.2, 0) is 20.5 Å². The highest BCUT2D eigenvalue weighted by atomic mass is 16.5. The van der Waals surface area contributed by atoms with Crippen molar-refractivity contribution in [1.82, 2.24) is 15.3 Å². The van der Waals surface area contributed by atoms with Crippen LogP contribution in [0.25, 0.3) is 0 Å². The molecule has 6 nitrogen and oxygen atoms in total. The molecule has 1 N–H and O–H groups in total. The van der Waals surface area contributed by atoms with Crippen LogP contribution in [0.3, 0.4) is 0 Å². The normalized spacial score (nSPS) is 21.6. The molecule has 104 valence electrons. The van der Waals surface area contributed by atoms with Crippen molar-refractivity contribution in [2.24, 2.45) is 0 Å². The van der Waals surface area contributed by atoms with E-state index in [9.17, 15) is 4.79 Å². The molecule has 3 rings (SSSR count). The third kappa shape index (κ3) is 1.44. The summed E-state index contributed by atoms with van der Waals surface area (Å²) in [5, 5.41) is 12.1. The molecule has 3 heterocycles. The van der Waals surface area contributed by atoms with Crippen LogP contribution in [0.4, 0.5) is 0 Å². The molecule has 0 radical (unpaired) electrons. The number of hydrogen-bond donors (Lipinski definition) is 1. The van der Waals surface area contributed by atoms with Crippen LogP contribution >= 0.6 is 0 Å². The minimum absolute atomic E-state index is 0.0392. The summed E-state index contributed by atoms with van der Waals surface area (Å²) in [6.07, 6.45) is 2.72. The maximum absolute atomic E-state index is 12.6. The first-order chi connectivity index (χ1) is 9.62. The highest BCUT2D eigenvalue weighted by molar-refractivity contribution is 5.90.